The van der Waals surface area contributed by atoms with Gasteiger partial charge in [0.05, 0.1) is 5.56 Å². The van der Waals surface area contributed by atoms with Gasteiger partial charge >= 0.3 is 6.18 Å². The number of hydrogen-bond acceptors (Lipinski definition) is 0. The molecule has 1 rings (SSSR count). The predicted octanol–water partition coefficient (Wildman–Crippen LogP) is 5.06. The molecule has 0 heterocycles. The van der Waals surface area contributed by atoms with E-state index in [0.717, 1.165) is 6.07 Å². The van der Waals surface area contributed by atoms with Gasteiger partial charge in [-0.3, -0.25) is 0 Å². The summed E-state index contributed by atoms with van der Waals surface area (Å²) in [5, 5.41) is 0. The largest absolute Gasteiger partial charge is 0.416 e. The van der Waals surface area contributed by atoms with Gasteiger partial charge < -0.3 is 0 Å². The van der Waals surface area contributed by atoms with Gasteiger partial charge in [0, 0.05) is 4.47 Å². The van der Waals surface area contributed by atoms with E-state index in [2.05, 4.69) is 15.9 Å². The molecule has 0 atom stereocenters. The van der Waals surface area contributed by atoms with Crippen molar-refractivity contribution >= 4 is 15.9 Å². The van der Waals surface area contributed by atoms with Crippen molar-refractivity contribution in [3.63, 3.8) is 0 Å². The number of rotatable bonds is 1. The zero-order valence-corrected chi connectivity index (χ0v) is 11.0. The van der Waals surface area contributed by atoms with Crippen molar-refractivity contribution in [2.24, 2.45) is 5.41 Å². The van der Waals surface area contributed by atoms with Gasteiger partial charge in [0.15, 0.2) is 0 Å². The van der Waals surface area contributed by atoms with E-state index in [9.17, 15) is 13.2 Å². The lowest BCUT2D eigenvalue weighted by Crippen LogP contribution is -2.15. The van der Waals surface area contributed by atoms with Crippen molar-refractivity contribution in [2.75, 3.05) is 0 Å². The molecule has 0 saturated heterocycles. The van der Waals surface area contributed by atoms with E-state index in [4.69, 9.17) is 0 Å². The van der Waals surface area contributed by atoms with Crippen LogP contribution in [0.15, 0.2) is 22.7 Å². The molecule has 0 nitrogen and oxygen atoms in total. The topological polar surface area (TPSA) is 0 Å². The van der Waals surface area contributed by atoms with Crippen LogP contribution in [-0.4, -0.2) is 0 Å². The first kappa shape index (κ1) is 13.6. The highest BCUT2D eigenvalue weighted by Crippen LogP contribution is 2.36. The monoisotopic (exact) mass is 294 g/mol. The second-order valence-electron chi connectivity index (χ2n) is 5.04. The second-order valence-corrected chi connectivity index (χ2v) is 5.95. The Morgan fingerprint density at radius 3 is 2.12 bits per heavy atom. The first-order valence-electron chi connectivity index (χ1n) is 4.95. The number of alkyl halides is 3. The van der Waals surface area contributed by atoms with E-state index in [0.29, 0.717) is 16.5 Å². The Morgan fingerprint density at radius 1 is 1.12 bits per heavy atom. The van der Waals surface area contributed by atoms with Crippen LogP contribution in [0.25, 0.3) is 0 Å². The maximum atomic E-state index is 12.8. The first-order valence-corrected chi connectivity index (χ1v) is 5.74. The zero-order chi connectivity index (χ0) is 12.6. The molecule has 16 heavy (non-hydrogen) atoms. The van der Waals surface area contributed by atoms with Crippen LogP contribution in [-0.2, 0) is 12.6 Å². The molecule has 4 heteroatoms. The third kappa shape index (κ3) is 3.81. The van der Waals surface area contributed by atoms with Crippen LogP contribution < -0.4 is 0 Å². The van der Waals surface area contributed by atoms with Crippen LogP contribution in [0.3, 0.4) is 0 Å². The van der Waals surface area contributed by atoms with Crippen LogP contribution in [0.5, 0.6) is 0 Å². The van der Waals surface area contributed by atoms with Crippen LogP contribution >= 0.6 is 15.9 Å². The van der Waals surface area contributed by atoms with Gasteiger partial charge in [-0.25, -0.2) is 0 Å². The van der Waals surface area contributed by atoms with Crippen molar-refractivity contribution in [1.82, 2.24) is 0 Å². The SMILES string of the molecule is CC(C)(C)Cc1ccc(Br)cc1C(F)(F)F. The Morgan fingerprint density at radius 2 is 1.69 bits per heavy atom. The number of hydrogen-bond donors (Lipinski definition) is 0. The van der Waals surface area contributed by atoms with Gasteiger partial charge in [0.25, 0.3) is 0 Å². The summed E-state index contributed by atoms with van der Waals surface area (Å²) in [6.45, 7) is 5.78. The molecule has 0 aliphatic heterocycles. The molecule has 1 aromatic carbocycles. The van der Waals surface area contributed by atoms with E-state index in [1.807, 2.05) is 20.8 Å². The fourth-order valence-corrected chi connectivity index (χ4v) is 1.90. The summed E-state index contributed by atoms with van der Waals surface area (Å²) < 4.78 is 38.8. The Balaban J connectivity index is 3.19. The summed E-state index contributed by atoms with van der Waals surface area (Å²) in [5.74, 6) is 0. The average Bonchev–Trinajstić information content (AvgIpc) is 2.04. The van der Waals surface area contributed by atoms with E-state index >= 15 is 0 Å². The zero-order valence-electron chi connectivity index (χ0n) is 9.45. The molecule has 0 saturated carbocycles. The van der Waals surface area contributed by atoms with E-state index < -0.39 is 11.7 Å². The van der Waals surface area contributed by atoms with Gasteiger partial charge in [-0.1, -0.05) is 42.8 Å². The van der Waals surface area contributed by atoms with Crippen LogP contribution in [0.1, 0.15) is 31.9 Å². The van der Waals surface area contributed by atoms with Crippen molar-refractivity contribution in [2.45, 2.75) is 33.4 Å². The molecule has 1 aromatic rings. The van der Waals surface area contributed by atoms with Crippen LogP contribution in [0.4, 0.5) is 13.2 Å². The first-order chi connectivity index (χ1) is 7.09. The molecule has 0 N–H and O–H groups in total. The fraction of sp³-hybridized carbons (Fsp3) is 0.500. The van der Waals surface area contributed by atoms with E-state index in [-0.39, 0.29) is 5.41 Å². The van der Waals surface area contributed by atoms with Gasteiger partial charge in [-0.15, -0.1) is 0 Å². The van der Waals surface area contributed by atoms with E-state index in [1.165, 1.54) is 6.07 Å². The number of halogens is 4. The molecule has 0 aliphatic rings. The maximum absolute atomic E-state index is 12.8. The summed E-state index contributed by atoms with van der Waals surface area (Å²) >= 11 is 3.07. The Hall–Kier alpha value is -0.510. The normalized spacial score (nSPS) is 12.9. The van der Waals surface area contributed by atoms with Crippen molar-refractivity contribution < 1.29 is 13.2 Å². The minimum Gasteiger partial charge on any atom is -0.166 e. The minimum atomic E-state index is -4.29. The van der Waals surface area contributed by atoms with Crippen molar-refractivity contribution in [3.05, 3.63) is 33.8 Å². The molecule has 0 radical (unpaired) electrons. The molecule has 90 valence electrons. The lowest BCUT2D eigenvalue weighted by Gasteiger charge is -2.21. The highest BCUT2D eigenvalue weighted by atomic mass is 79.9. The maximum Gasteiger partial charge on any atom is 0.416 e. The van der Waals surface area contributed by atoms with Gasteiger partial charge in [0.1, 0.15) is 0 Å². The third-order valence-corrected chi connectivity index (χ3v) is 2.59. The molecule has 0 unspecified atom stereocenters. The second kappa shape index (κ2) is 4.40. The summed E-state index contributed by atoms with van der Waals surface area (Å²) in [7, 11) is 0. The Kier molecular flexibility index (Phi) is 3.72. The quantitative estimate of drug-likeness (QED) is 0.679. The highest BCUT2D eigenvalue weighted by Gasteiger charge is 2.34. The highest BCUT2D eigenvalue weighted by molar-refractivity contribution is 9.10. The molecule has 0 aromatic heterocycles. The van der Waals surface area contributed by atoms with Crippen molar-refractivity contribution in [3.8, 4) is 0 Å². The summed E-state index contributed by atoms with van der Waals surface area (Å²) in [5.41, 5.74) is -0.353. The van der Waals surface area contributed by atoms with Gasteiger partial charge in [-0.05, 0) is 29.5 Å². The standard InChI is InChI=1S/C12H14BrF3/c1-11(2,3)7-8-4-5-9(13)6-10(8)12(14,15)16/h4-6H,7H2,1-3H3. The predicted molar refractivity (Wildman–Crippen MR) is 62.3 cm³/mol. The molecule has 0 aliphatic carbocycles. The molecule has 0 spiro atoms. The smallest absolute Gasteiger partial charge is 0.166 e. The van der Waals surface area contributed by atoms with Crippen LogP contribution in [0, 0.1) is 5.41 Å². The summed E-state index contributed by atoms with van der Waals surface area (Å²) in [4.78, 5) is 0. The van der Waals surface area contributed by atoms with Gasteiger partial charge in [-0.2, -0.15) is 13.2 Å². The Bertz CT molecular complexity index is 375. The average molecular weight is 295 g/mol. The third-order valence-electron chi connectivity index (χ3n) is 2.10. The summed E-state index contributed by atoms with van der Waals surface area (Å²) in [6, 6.07) is 4.33. The van der Waals surface area contributed by atoms with Crippen molar-refractivity contribution in [1.29, 1.82) is 0 Å². The molecule has 0 amide bonds. The lowest BCUT2D eigenvalue weighted by atomic mass is 9.86. The fourth-order valence-electron chi connectivity index (χ4n) is 1.54. The van der Waals surface area contributed by atoms with E-state index in [1.54, 1.807) is 6.07 Å². The summed E-state index contributed by atoms with van der Waals surface area (Å²) in [6.07, 6.45) is -3.88. The lowest BCUT2D eigenvalue weighted by molar-refractivity contribution is -0.138. The molecule has 0 bridgehead atoms. The number of benzene rings is 1. The molecular weight excluding hydrogens is 281 g/mol. The Labute approximate surface area is 102 Å². The minimum absolute atomic E-state index is 0.159. The molecule has 0 fully saturated rings. The molecular formula is C12H14BrF3. The van der Waals surface area contributed by atoms with Crippen LogP contribution in [0.2, 0.25) is 0 Å². The van der Waals surface area contributed by atoms with Gasteiger partial charge in [0.2, 0.25) is 0 Å².